The van der Waals surface area contributed by atoms with E-state index in [0.717, 1.165) is 19.4 Å². The van der Waals surface area contributed by atoms with Gasteiger partial charge in [-0.15, -0.1) is 0 Å². The summed E-state index contributed by atoms with van der Waals surface area (Å²) in [6.07, 6.45) is 3.42. The molecule has 1 aliphatic rings. The molecule has 5 heteroatoms. The van der Waals surface area contributed by atoms with Crippen LogP contribution in [-0.2, 0) is 0 Å². The van der Waals surface area contributed by atoms with Gasteiger partial charge in [0, 0.05) is 18.7 Å². The monoisotopic (exact) mass is 243 g/mol. The van der Waals surface area contributed by atoms with Gasteiger partial charge in [-0.3, -0.25) is 0 Å². The van der Waals surface area contributed by atoms with Crippen LogP contribution < -0.4 is 10.6 Å². The average Bonchev–Trinajstić information content (AvgIpc) is 2.26. The molecule has 2 N–H and O–H groups in total. The number of halogens is 2. The Kier molecular flexibility index (Phi) is 3.19. The molecule has 1 saturated heterocycles. The number of piperidine rings is 1. The summed E-state index contributed by atoms with van der Waals surface area (Å²) in [4.78, 5) is 5.94. The van der Waals surface area contributed by atoms with Crippen LogP contribution in [0.2, 0.25) is 5.02 Å². The standard InChI is InChI=1S/C11H15ClFN3/c1-7-4-2-3-5-16(7)9-6-8(14)10(12)11(13)15-9/h6-7H,2-5H2,1H3,(H2,14,15)/t7-/m0/s1. The molecule has 0 radical (unpaired) electrons. The van der Waals surface area contributed by atoms with Gasteiger partial charge in [0.1, 0.15) is 10.8 Å². The van der Waals surface area contributed by atoms with Gasteiger partial charge in [-0.25, -0.2) is 4.98 Å². The molecule has 2 heterocycles. The van der Waals surface area contributed by atoms with E-state index in [4.69, 9.17) is 17.3 Å². The molecule has 1 aliphatic heterocycles. The summed E-state index contributed by atoms with van der Waals surface area (Å²) in [6, 6.07) is 2.02. The lowest BCUT2D eigenvalue weighted by atomic mass is 10.0. The zero-order valence-electron chi connectivity index (χ0n) is 9.21. The van der Waals surface area contributed by atoms with Crippen LogP contribution in [0.3, 0.4) is 0 Å². The van der Waals surface area contributed by atoms with E-state index in [-0.39, 0.29) is 10.7 Å². The van der Waals surface area contributed by atoms with E-state index >= 15 is 0 Å². The zero-order valence-corrected chi connectivity index (χ0v) is 9.97. The third kappa shape index (κ3) is 2.07. The van der Waals surface area contributed by atoms with E-state index in [9.17, 15) is 4.39 Å². The summed E-state index contributed by atoms with van der Waals surface area (Å²) in [5.41, 5.74) is 5.89. The van der Waals surface area contributed by atoms with Gasteiger partial charge in [-0.2, -0.15) is 4.39 Å². The predicted octanol–water partition coefficient (Wildman–Crippen LogP) is 2.84. The van der Waals surface area contributed by atoms with Crippen LogP contribution in [0.1, 0.15) is 26.2 Å². The summed E-state index contributed by atoms with van der Waals surface area (Å²) in [5.74, 6) is -0.0963. The summed E-state index contributed by atoms with van der Waals surface area (Å²) < 4.78 is 13.4. The van der Waals surface area contributed by atoms with Crippen molar-refractivity contribution >= 4 is 23.1 Å². The van der Waals surface area contributed by atoms with Crippen molar-refractivity contribution in [3.8, 4) is 0 Å². The van der Waals surface area contributed by atoms with Crippen molar-refractivity contribution in [2.24, 2.45) is 0 Å². The van der Waals surface area contributed by atoms with Crippen molar-refractivity contribution in [1.82, 2.24) is 4.98 Å². The Bertz CT molecular complexity index is 374. The zero-order chi connectivity index (χ0) is 11.7. The maximum atomic E-state index is 13.4. The fraction of sp³-hybridized carbons (Fsp3) is 0.545. The van der Waals surface area contributed by atoms with Gasteiger partial charge in [0.05, 0.1) is 5.69 Å². The first-order chi connectivity index (χ1) is 7.59. The number of nitrogens with zero attached hydrogens (tertiary/aromatic N) is 2. The van der Waals surface area contributed by atoms with Crippen molar-refractivity contribution < 1.29 is 4.39 Å². The Morgan fingerprint density at radius 1 is 1.56 bits per heavy atom. The second-order valence-electron chi connectivity index (χ2n) is 4.21. The Balaban J connectivity index is 2.32. The number of rotatable bonds is 1. The first-order valence-corrected chi connectivity index (χ1v) is 5.85. The summed E-state index contributed by atoms with van der Waals surface area (Å²) in [7, 11) is 0. The summed E-state index contributed by atoms with van der Waals surface area (Å²) in [6.45, 7) is 3.01. The molecule has 2 rings (SSSR count). The van der Waals surface area contributed by atoms with Crippen LogP contribution in [0.25, 0.3) is 0 Å². The molecule has 0 bridgehead atoms. The molecule has 1 aromatic heterocycles. The van der Waals surface area contributed by atoms with E-state index < -0.39 is 5.95 Å². The van der Waals surface area contributed by atoms with E-state index in [1.807, 2.05) is 0 Å². The van der Waals surface area contributed by atoms with E-state index in [0.29, 0.717) is 11.9 Å². The molecule has 0 aliphatic carbocycles. The largest absolute Gasteiger partial charge is 0.397 e. The summed E-state index contributed by atoms with van der Waals surface area (Å²) in [5, 5.41) is -0.0894. The van der Waals surface area contributed by atoms with Crippen molar-refractivity contribution in [2.45, 2.75) is 32.2 Å². The average molecular weight is 244 g/mol. The van der Waals surface area contributed by atoms with Gasteiger partial charge in [0.2, 0.25) is 5.95 Å². The number of nitrogen functional groups attached to an aromatic ring is 1. The van der Waals surface area contributed by atoms with Crippen LogP contribution in [0.4, 0.5) is 15.9 Å². The molecule has 0 unspecified atom stereocenters. The molecular formula is C11H15ClFN3. The fourth-order valence-corrected chi connectivity index (χ4v) is 2.19. The minimum Gasteiger partial charge on any atom is -0.397 e. The van der Waals surface area contributed by atoms with Crippen LogP contribution in [0.15, 0.2) is 6.07 Å². The van der Waals surface area contributed by atoms with Crippen LogP contribution in [0, 0.1) is 5.95 Å². The Labute approximate surface area is 99.4 Å². The maximum absolute atomic E-state index is 13.4. The van der Waals surface area contributed by atoms with Crippen molar-refractivity contribution in [2.75, 3.05) is 17.2 Å². The van der Waals surface area contributed by atoms with E-state index in [2.05, 4.69) is 16.8 Å². The molecule has 1 fully saturated rings. The second kappa shape index (κ2) is 4.45. The molecule has 0 amide bonds. The highest BCUT2D eigenvalue weighted by atomic mass is 35.5. The molecule has 88 valence electrons. The lowest BCUT2D eigenvalue weighted by Gasteiger charge is -2.34. The number of pyridine rings is 1. The molecule has 0 spiro atoms. The van der Waals surface area contributed by atoms with Crippen molar-refractivity contribution in [3.63, 3.8) is 0 Å². The molecular weight excluding hydrogens is 229 g/mol. The van der Waals surface area contributed by atoms with E-state index in [1.54, 1.807) is 6.07 Å². The highest BCUT2D eigenvalue weighted by Crippen LogP contribution is 2.29. The second-order valence-corrected chi connectivity index (χ2v) is 4.59. The van der Waals surface area contributed by atoms with Gasteiger partial charge in [-0.1, -0.05) is 11.6 Å². The van der Waals surface area contributed by atoms with Crippen LogP contribution in [-0.4, -0.2) is 17.6 Å². The number of hydrogen-bond donors (Lipinski definition) is 1. The van der Waals surface area contributed by atoms with Crippen LogP contribution >= 0.6 is 11.6 Å². The lowest BCUT2D eigenvalue weighted by Crippen LogP contribution is -2.38. The smallest absolute Gasteiger partial charge is 0.235 e. The van der Waals surface area contributed by atoms with Crippen molar-refractivity contribution in [1.29, 1.82) is 0 Å². The van der Waals surface area contributed by atoms with Gasteiger partial charge in [0.15, 0.2) is 0 Å². The van der Waals surface area contributed by atoms with Gasteiger partial charge in [-0.05, 0) is 26.2 Å². The number of anilines is 2. The van der Waals surface area contributed by atoms with E-state index in [1.165, 1.54) is 6.42 Å². The van der Waals surface area contributed by atoms with Gasteiger partial charge >= 0.3 is 0 Å². The number of nitrogens with two attached hydrogens (primary N) is 1. The van der Waals surface area contributed by atoms with Gasteiger partial charge in [0.25, 0.3) is 0 Å². The first-order valence-electron chi connectivity index (χ1n) is 5.47. The Morgan fingerprint density at radius 3 is 2.94 bits per heavy atom. The predicted molar refractivity (Wildman–Crippen MR) is 64.3 cm³/mol. The fourth-order valence-electron chi connectivity index (χ4n) is 2.09. The minimum absolute atomic E-state index is 0.0894. The highest BCUT2D eigenvalue weighted by molar-refractivity contribution is 6.33. The normalized spacial score (nSPS) is 21.2. The quantitative estimate of drug-likeness (QED) is 0.772. The number of hydrogen-bond acceptors (Lipinski definition) is 3. The van der Waals surface area contributed by atoms with Crippen molar-refractivity contribution in [3.05, 3.63) is 17.0 Å². The third-order valence-electron chi connectivity index (χ3n) is 3.03. The lowest BCUT2D eigenvalue weighted by molar-refractivity contribution is 0.477. The van der Waals surface area contributed by atoms with Gasteiger partial charge < -0.3 is 10.6 Å². The molecule has 0 aromatic carbocycles. The molecule has 16 heavy (non-hydrogen) atoms. The molecule has 0 saturated carbocycles. The topological polar surface area (TPSA) is 42.1 Å². The Morgan fingerprint density at radius 2 is 2.31 bits per heavy atom. The molecule has 3 nitrogen and oxygen atoms in total. The molecule has 1 atom stereocenters. The maximum Gasteiger partial charge on any atom is 0.235 e. The van der Waals surface area contributed by atoms with Crippen LogP contribution in [0.5, 0.6) is 0 Å². The highest BCUT2D eigenvalue weighted by Gasteiger charge is 2.21. The minimum atomic E-state index is -0.686. The summed E-state index contributed by atoms with van der Waals surface area (Å²) >= 11 is 5.64. The Hall–Kier alpha value is -1.03. The SMILES string of the molecule is C[C@H]1CCCCN1c1cc(N)c(Cl)c(F)n1. The third-order valence-corrected chi connectivity index (χ3v) is 3.40. The first kappa shape index (κ1) is 11.5. The number of aromatic nitrogens is 1. The molecule has 1 aromatic rings.